The van der Waals surface area contributed by atoms with E-state index in [2.05, 4.69) is 56.0 Å². The number of rotatable bonds is 7. The lowest BCUT2D eigenvalue weighted by Gasteiger charge is -2.34. The van der Waals surface area contributed by atoms with Crippen molar-refractivity contribution in [1.82, 2.24) is 4.90 Å². The van der Waals surface area contributed by atoms with Gasteiger partial charge in [-0.3, -0.25) is 4.90 Å². The zero-order chi connectivity index (χ0) is 12.7. The van der Waals surface area contributed by atoms with Crippen LogP contribution in [0.1, 0.15) is 45.2 Å². The third-order valence-corrected chi connectivity index (χ3v) is 3.05. The summed E-state index contributed by atoms with van der Waals surface area (Å²) in [5, 5.41) is 0. The van der Waals surface area contributed by atoms with E-state index in [9.17, 15) is 0 Å². The minimum absolute atomic E-state index is 0.162. The van der Waals surface area contributed by atoms with E-state index >= 15 is 0 Å². The molecule has 2 N–H and O–H groups in total. The Bertz CT molecular complexity index is 289. The van der Waals surface area contributed by atoms with E-state index in [1.165, 1.54) is 18.4 Å². The Kier molecular flexibility index (Phi) is 6.23. The summed E-state index contributed by atoms with van der Waals surface area (Å²) in [5.41, 5.74) is 7.53. The zero-order valence-corrected chi connectivity index (χ0v) is 11.4. The first-order valence-electron chi connectivity index (χ1n) is 6.75. The van der Waals surface area contributed by atoms with Gasteiger partial charge in [0.15, 0.2) is 0 Å². The van der Waals surface area contributed by atoms with Crippen LogP contribution in [-0.4, -0.2) is 24.0 Å². The van der Waals surface area contributed by atoms with Crippen LogP contribution in [0.2, 0.25) is 0 Å². The summed E-state index contributed by atoms with van der Waals surface area (Å²) in [6, 6.07) is 11.1. The standard InChI is InChI=1S/C15H26N2/c1-4-11-17(12-5-2)15(13(3)16)14-9-7-6-8-10-14/h6-10,13,15H,4-5,11-12,16H2,1-3H3. The van der Waals surface area contributed by atoms with Crippen LogP contribution >= 0.6 is 0 Å². The van der Waals surface area contributed by atoms with Crippen LogP contribution in [0, 0.1) is 0 Å². The van der Waals surface area contributed by atoms with Gasteiger partial charge in [0.25, 0.3) is 0 Å². The minimum atomic E-state index is 0.162. The van der Waals surface area contributed by atoms with Crippen LogP contribution < -0.4 is 5.73 Å². The number of nitrogens with zero attached hydrogens (tertiary/aromatic N) is 1. The molecule has 0 aliphatic carbocycles. The molecule has 0 aliphatic heterocycles. The minimum Gasteiger partial charge on any atom is -0.326 e. The molecule has 1 aromatic rings. The molecule has 0 saturated carbocycles. The molecule has 0 bridgehead atoms. The third kappa shape index (κ3) is 4.14. The van der Waals surface area contributed by atoms with Gasteiger partial charge in [-0.15, -0.1) is 0 Å². The lowest BCUT2D eigenvalue weighted by molar-refractivity contribution is 0.176. The molecule has 0 aromatic heterocycles. The maximum absolute atomic E-state index is 6.19. The van der Waals surface area contributed by atoms with Gasteiger partial charge < -0.3 is 5.73 Å². The highest BCUT2D eigenvalue weighted by Crippen LogP contribution is 2.23. The summed E-state index contributed by atoms with van der Waals surface area (Å²) in [6.07, 6.45) is 2.35. The summed E-state index contributed by atoms with van der Waals surface area (Å²) in [5.74, 6) is 0. The monoisotopic (exact) mass is 234 g/mol. The molecule has 0 heterocycles. The molecular formula is C15H26N2. The molecular weight excluding hydrogens is 208 g/mol. The van der Waals surface area contributed by atoms with Crippen LogP contribution in [0.3, 0.4) is 0 Å². The van der Waals surface area contributed by atoms with Gasteiger partial charge in [-0.25, -0.2) is 0 Å². The van der Waals surface area contributed by atoms with Crippen molar-refractivity contribution in [3.8, 4) is 0 Å². The molecule has 2 unspecified atom stereocenters. The largest absolute Gasteiger partial charge is 0.326 e. The van der Waals surface area contributed by atoms with Gasteiger partial charge in [-0.2, -0.15) is 0 Å². The smallest absolute Gasteiger partial charge is 0.0496 e. The predicted molar refractivity (Wildman–Crippen MR) is 75.0 cm³/mol. The molecule has 1 aromatic carbocycles. The van der Waals surface area contributed by atoms with Crippen molar-refractivity contribution in [3.05, 3.63) is 35.9 Å². The Balaban J connectivity index is 2.90. The fourth-order valence-electron chi connectivity index (χ4n) is 2.46. The van der Waals surface area contributed by atoms with E-state index in [-0.39, 0.29) is 6.04 Å². The van der Waals surface area contributed by atoms with Gasteiger partial charge in [-0.1, -0.05) is 44.2 Å². The Labute approximate surface area is 106 Å². The first-order valence-corrected chi connectivity index (χ1v) is 6.75. The average molecular weight is 234 g/mol. The van der Waals surface area contributed by atoms with E-state index in [1.807, 2.05) is 0 Å². The van der Waals surface area contributed by atoms with Crippen molar-refractivity contribution in [3.63, 3.8) is 0 Å². The van der Waals surface area contributed by atoms with Gasteiger partial charge in [0.1, 0.15) is 0 Å². The molecule has 0 saturated heterocycles. The number of benzene rings is 1. The molecule has 0 radical (unpaired) electrons. The van der Waals surface area contributed by atoms with Crippen molar-refractivity contribution in [1.29, 1.82) is 0 Å². The number of hydrogen-bond acceptors (Lipinski definition) is 2. The SMILES string of the molecule is CCCN(CCC)C(c1ccccc1)C(C)N. The van der Waals surface area contributed by atoms with Crippen LogP contribution in [0.15, 0.2) is 30.3 Å². The van der Waals surface area contributed by atoms with E-state index in [4.69, 9.17) is 5.73 Å². The second-order valence-corrected chi connectivity index (χ2v) is 4.75. The van der Waals surface area contributed by atoms with Gasteiger partial charge in [0, 0.05) is 12.1 Å². The van der Waals surface area contributed by atoms with E-state index in [0.29, 0.717) is 6.04 Å². The summed E-state index contributed by atoms with van der Waals surface area (Å²) in [6.45, 7) is 8.80. The molecule has 0 fully saturated rings. The van der Waals surface area contributed by atoms with Crippen molar-refractivity contribution < 1.29 is 0 Å². The number of hydrogen-bond donors (Lipinski definition) is 1. The molecule has 2 atom stereocenters. The van der Waals surface area contributed by atoms with Crippen molar-refractivity contribution in [2.24, 2.45) is 5.73 Å². The number of nitrogens with two attached hydrogens (primary N) is 1. The van der Waals surface area contributed by atoms with Crippen LogP contribution in [0.5, 0.6) is 0 Å². The van der Waals surface area contributed by atoms with Gasteiger partial charge in [0.05, 0.1) is 0 Å². The highest BCUT2D eigenvalue weighted by molar-refractivity contribution is 5.20. The second-order valence-electron chi connectivity index (χ2n) is 4.75. The Hall–Kier alpha value is -0.860. The first-order chi connectivity index (χ1) is 8.20. The topological polar surface area (TPSA) is 29.3 Å². The average Bonchev–Trinajstić information content (AvgIpc) is 2.31. The van der Waals surface area contributed by atoms with Crippen LogP contribution in [-0.2, 0) is 0 Å². The Morgan fingerprint density at radius 3 is 2.00 bits per heavy atom. The highest BCUT2D eigenvalue weighted by atomic mass is 15.2. The fourth-order valence-corrected chi connectivity index (χ4v) is 2.46. The first kappa shape index (κ1) is 14.2. The fraction of sp³-hybridized carbons (Fsp3) is 0.600. The van der Waals surface area contributed by atoms with Crippen molar-refractivity contribution in [2.75, 3.05) is 13.1 Å². The molecule has 1 rings (SSSR count). The molecule has 17 heavy (non-hydrogen) atoms. The molecule has 96 valence electrons. The lowest BCUT2D eigenvalue weighted by Crippen LogP contribution is -2.40. The molecule has 0 aliphatic rings. The summed E-state index contributed by atoms with van der Waals surface area (Å²) in [7, 11) is 0. The molecule has 0 spiro atoms. The van der Waals surface area contributed by atoms with Gasteiger partial charge in [-0.05, 0) is 38.4 Å². The normalized spacial score (nSPS) is 14.9. The maximum atomic E-state index is 6.19. The second kappa shape index (κ2) is 7.46. The highest BCUT2D eigenvalue weighted by Gasteiger charge is 2.22. The van der Waals surface area contributed by atoms with Crippen molar-refractivity contribution >= 4 is 0 Å². The quantitative estimate of drug-likeness (QED) is 0.785. The summed E-state index contributed by atoms with van der Waals surface area (Å²) < 4.78 is 0. The van der Waals surface area contributed by atoms with Gasteiger partial charge >= 0.3 is 0 Å². The summed E-state index contributed by atoms with van der Waals surface area (Å²) in [4.78, 5) is 2.51. The maximum Gasteiger partial charge on any atom is 0.0496 e. The van der Waals surface area contributed by atoms with Crippen LogP contribution in [0.4, 0.5) is 0 Å². The Morgan fingerprint density at radius 1 is 1.06 bits per heavy atom. The molecule has 2 heteroatoms. The molecule has 2 nitrogen and oxygen atoms in total. The summed E-state index contributed by atoms with van der Waals surface area (Å²) >= 11 is 0. The van der Waals surface area contributed by atoms with E-state index in [1.54, 1.807) is 0 Å². The van der Waals surface area contributed by atoms with Crippen molar-refractivity contribution in [2.45, 2.75) is 45.7 Å². The van der Waals surface area contributed by atoms with Crippen LogP contribution in [0.25, 0.3) is 0 Å². The lowest BCUT2D eigenvalue weighted by atomic mass is 9.98. The Morgan fingerprint density at radius 2 is 1.59 bits per heavy atom. The third-order valence-electron chi connectivity index (χ3n) is 3.05. The van der Waals surface area contributed by atoms with E-state index < -0.39 is 0 Å². The predicted octanol–water partition coefficient (Wildman–Crippen LogP) is 3.20. The molecule has 0 amide bonds. The van der Waals surface area contributed by atoms with E-state index in [0.717, 1.165) is 13.1 Å². The van der Waals surface area contributed by atoms with Gasteiger partial charge in [0.2, 0.25) is 0 Å². The zero-order valence-electron chi connectivity index (χ0n) is 11.4.